The molecule has 1 saturated carbocycles. The maximum atomic E-state index is 7.44. The molecule has 0 heterocycles. The molecule has 1 aliphatic rings. The summed E-state index contributed by atoms with van der Waals surface area (Å²) in [7, 11) is 0. The molecule has 1 fully saturated rings. The van der Waals surface area contributed by atoms with E-state index in [2.05, 4.69) is 6.92 Å². The molecule has 0 bridgehead atoms. The molecule has 3 heteroatoms. The summed E-state index contributed by atoms with van der Waals surface area (Å²) in [4.78, 5) is 0. The van der Waals surface area contributed by atoms with Crippen molar-refractivity contribution in [3.63, 3.8) is 0 Å². The van der Waals surface area contributed by atoms with Gasteiger partial charge in [0, 0.05) is 5.56 Å². The van der Waals surface area contributed by atoms with Crippen LogP contribution in [-0.2, 0) is 0 Å². The lowest BCUT2D eigenvalue weighted by Gasteiger charge is -2.29. The number of rotatable bonds is 4. The van der Waals surface area contributed by atoms with Gasteiger partial charge in [0.15, 0.2) is 0 Å². The van der Waals surface area contributed by atoms with E-state index in [1.807, 2.05) is 24.3 Å². The Kier molecular flexibility index (Phi) is 4.24. The molecule has 0 aliphatic heterocycles. The van der Waals surface area contributed by atoms with Crippen LogP contribution < -0.4 is 10.5 Å². The van der Waals surface area contributed by atoms with E-state index in [0.717, 1.165) is 30.1 Å². The van der Waals surface area contributed by atoms with Crippen molar-refractivity contribution < 1.29 is 4.74 Å². The van der Waals surface area contributed by atoms with Crippen molar-refractivity contribution in [1.82, 2.24) is 0 Å². The first-order chi connectivity index (χ1) is 8.69. The standard InChI is InChI=1S/C15H22N2O/c1-2-11-5-3-7-13(9-11)18-14-8-4-6-12(10-14)15(16)17/h4,6,8,10-11,13H,2-3,5,7,9H2,1H3,(H3,16,17). The van der Waals surface area contributed by atoms with Gasteiger partial charge < -0.3 is 10.5 Å². The number of amidine groups is 1. The third-order valence-corrected chi connectivity index (χ3v) is 3.76. The molecular formula is C15H22N2O. The minimum Gasteiger partial charge on any atom is -0.490 e. The van der Waals surface area contributed by atoms with Crippen LogP contribution in [0, 0.1) is 11.3 Å². The van der Waals surface area contributed by atoms with Gasteiger partial charge in [-0.15, -0.1) is 0 Å². The minimum atomic E-state index is 0.0931. The molecule has 2 atom stereocenters. The maximum absolute atomic E-state index is 7.44. The number of hydrogen-bond donors (Lipinski definition) is 2. The molecule has 2 unspecified atom stereocenters. The predicted molar refractivity (Wildman–Crippen MR) is 74.1 cm³/mol. The average Bonchev–Trinajstić information content (AvgIpc) is 2.39. The summed E-state index contributed by atoms with van der Waals surface area (Å²) in [6, 6.07) is 7.54. The monoisotopic (exact) mass is 246 g/mol. The van der Waals surface area contributed by atoms with Gasteiger partial charge in [-0.1, -0.05) is 31.9 Å². The summed E-state index contributed by atoms with van der Waals surface area (Å²) in [6.07, 6.45) is 6.46. The van der Waals surface area contributed by atoms with Crippen LogP contribution in [0.5, 0.6) is 5.75 Å². The SMILES string of the molecule is CCC1CCCC(Oc2cccc(C(=N)N)c2)C1. The Labute approximate surface area is 109 Å². The third-order valence-electron chi connectivity index (χ3n) is 3.76. The summed E-state index contributed by atoms with van der Waals surface area (Å²) in [6.45, 7) is 2.25. The van der Waals surface area contributed by atoms with Crippen molar-refractivity contribution in [1.29, 1.82) is 5.41 Å². The molecule has 2 rings (SSSR count). The predicted octanol–water partition coefficient (Wildman–Crippen LogP) is 3.32. The Morgan fingerprint density at radius 3 is 3.00 bits per heavy atom. The van der Waals surface area contributed by atoms with E-state index in [-0.39, 0.29) is 5.84 Å². The van der Waals surface area contributed by atoms with Gasteiger partial charge in [-0.3, -0.25) is 5.41 Å². The zero-order valence-electron chi connectivity index (χ0n) is 11.0. The number of ether oxygens (including phenoxy) is 1. The molecule has 0 spiro atoms. The van der Waals surface area contributed by atoms with Crippen LogP contribution in [-0.4, -0.2) is 11.9 Å². The summed E-state index contributed by atoms with van der Waals surface area (Å²) in [5.41, 5.74) is 6.22. The second kappa shape index (κ2) is 5.89. The van der Waals surface area contributed by atoms with Gasteiger partial charge in [-0.2, -0.15) is 0 Å². The average molecular weight is 246 g/mol. The molecule has 0 radical (unpaired) electrons. The van der Waals surface area contributed by atoms with Crippen LogP contribution in [0.15, 0.2) is 24.3 Å². The van der Waals surface area contributed by atoms with Crippen molar-refractivity contribution in [3.05, 3.63) is 29.8 Å². The van der Waals surface area contributed by atoms with E-state index in [1.54, 1.807) is 0 Å². The lowest BCUT2D eigenvalue weighted by atomic mass is 9.85. The van der Waals surface area contributed by atoms with Crippen molar-refractivity contribution in [2.45, 2.75) is 45.1 Å². The molecule has 3 nitrogen and oxygen atoms in total. The second-order valence-electron chi connectivity index (χ2n) is 5.12. The Hall–Kier alpha value is -1.51. The Morgan fingerprint density at radius 2 is 2.28 bits per heavy atom. The normalized spacial score (nSPS) is 23.6. The third kappa shape index (κ3) is 3.25. The molecule has 98 valence electrons. The van der Waals surface area contributed by atoms with Crippen LogP contribution >= 0.6 is 0 Å². The molecular weight excluding hydrogens is 224 g/mol. The Morgan fingerprint density at radius 1 is 1.44 bits per heavy atom. The van der Waals surface area contributed by atoms with Crippen molar-refractivity contribution >= 4 is 5.84 Å². The summed E-state index contributed by atoms with van der Waals surface area (Å²) < 4.78 is 6.03. The zero-order valence-corrected chi connectivity index (χ0v) is 11.0. The van der Waals surface area contributed by atoms with Gasteiger partial charge >= 0.3 is 0 Å². The molecule has 0 saturated heterocycles. The molecule has 3 N–H and O–H groups in total. The maximum Gasteiger partial charge on any atom is 0.122 e. The lowest BCUT2D eigenvalue weighted by molar-refractivity contribution is 0.122. The zero-order chi connectivity index (χ0) is 13.0. The first kappa shape index (κ1) is 12.9. The van der Waals surface area contributed by atoms with Gasteiger partial charge in [0.05, 0.1) is 6.10 Å². The highest BCUT2D eigenvalue weighted by molar-refractivity contribution is 5.95. The van der Waals surface area contributed by atoms with Gasteiger partial charge in [0.25, 0.3) is 0 Å². The number of benzene rings is 1. The van der Waals surface area contributed by atoms with E-state index >= 15 is 0 Å². The molecule has 0 amide bonds. The minimum absolute atomic E-state index is 0.0931. The van der Waals surface area contributed by atoms with Crippen LogP contribution in [0.1, 0.15) is 44.6 Å². The van der Waals surface area contributed by atoms with Crippen molar-refractivity contribution in [2.24, 2.45) is 11.7 Å². The molecule has 0 aromatic heterocycles. The van der Waals surface area contributed by atoms with Crippen LogP contribution in [0.25, 0.3) is 0 Å². The van der Waals surface area contributed by atoms with E-state index in [9.17, 15) is 0 Å². The highest BCUT2D eigenvalue weighted by atomic mass is 16.5. The summed E-state index contributed by atoms with van der Waals surface area (Å²) in [5, 5.41) is 7.44. The largest absolute Gasteiger partial charge is 0.490 e. The number of nitrogen functional groups attached to an aromatic ring is 1. The highest BCUT2D eigenvalue weighted by Gasteiger charge is 2.22. The first-order valence-corrected chi connectivity index (χ1v) is 6.80. The fourth-order valence-corrected chi connectivity index (χ4v) is 2.65. The first-order valence-electron chi connectivity index (χ1n) is 6.80. The Bertz CT molecular complexity index is 417. The van der Waals surface area contributed by atoms with Gasteiger partial charge in [-0.25, -0.2) is 0 Å². The summed E-state index contributed by atoms with van der Waals surface area (Å²) in [5.74, 6) is 1.74. The quantitative estimate of drug-likeness (QED) is 0.632. The van der Waals surface area contributed by atoms with E-state index in [0.29, 0.717) is 6.10 Å². The van der Waals surface area contributed by atoms with Crippen LogP contribution in [0.2, 0.25) is 0 Å². The lowest BCUT2D eigenvalue weighted by Crippen LogP contribution is -2.25. The molecule has 1 aromatic rings. The molecule has 18 heavy (non-hydrogen) atoms. The second-order valence-corrected chi connectivity index (χ2v) is 5.12. The number of hydrogen-bond acceptors (Lipinski definition) is 2. The van der Waals surface area contributed by atoms with Gasteiger partial charge in [-0.05, 0) is 37.3 Å². The van der Waals surface area contributed by atoms with Gasteiger partial charge in [0.2, 0.25) is 0 Å². The van der Waals surface area contributed by atoms with Crippen LogP contribution in [0.4, 0.5) is 0 Å². The topological polar surface area (TPSA) is 59.1 Å². The molecule has 1 aliphatic carbocycles. The van der Waals surface area contributed by atoms with Crippen molar-refractivity contribution in [2.75, 3.05) is 0 Å². The summed E-state index contributed by atoms with van der Waals surface area (Å²) >= 11 is 0. The highest BCUT2D eigenvalue weighted by Crippen LogP contribution is 2.29. The van der Waals surface area contributed by atoms with Gasteiger partial charge in [0.1, 0.15) is 11.6 Å². The smallest absolute Gasteiger partial charge is 0.122 e. The number of nitrogens with two attached hydrogens (primary N) is 1. The van der Waals surface area contributed by atoms with Crippen LogP contribution in [0.3, 0.4) is 0 Å². The Balaban J connectivity index is 2.00. The fraction of sp³-hybridized carbons (Fsp3) is 0.533. The van der Waals surface area contributed by atoms with Crippen molar-refractivity contribution in [3.8, 4) is 5.75 Å². The van der Waals surface area contributed by atoms with E-state index in [4.69, 9.17) is 15.9 Å². The number of nitrogens with one attached hydrogen (secondary N) is 1. The van der Waals surface area contributed by atoms with E-state index < -0.39 is 0 Å². The fourth-order valence-electron chi connectivity index (χ4n) is 2.65. The van der Waals surface area contributed by atoms with E-state index in [1.165, 1.54) is 19.3 Å². The molecule has 1 aromatic carbocycles.